The number of anilines is 1. The molecular weight excluding hydrogens is 290 g/mol. The number of aromatic nitrogens is 3. The summed E-state index contributed by atoms with van der Waals surface area (Å²) in [5.74, 6) is -0.288. The highest BCUT2D eigenvalue weighted by Gasteiger charge is 2.17. The van der Waals surface area contributed by atoms with Crippen molar-refractivity contribution in [3.63, 3.8) is 0 Å². The Bertz CT molecular complexity index is 626. The molecule has 21 heavy (non-hydrogen) atoms. The van der Waals surface area contributed by atoms with Gasteiger partial charge in [0.2, 0.25) is 11.9 Å². The van der Waals surface area contributed by atoms with E-state index >= 15 is 0 Å². The summed E-state index contributed by atoms with van der Waals surface area (Å²) in [7, 11) is 0. The third-order valence-electron chi connectivity index (χ3n) is 3.30. The van der Waals surface area contributed by atoms with Gasteiger partial charge in [0.25, 0.3) is 5.91 Å². The Labute approximate surface area is 125 Å². The average Bonchev–Trinajstić information content (AvgIpc) is 3.13. The molecule has 0 spiro atoms. The fourth-order valence-electron chi connectivity index (χ4n) is 2.29. The molecule has 0 aliphatic heterocycles. The van der Waals surface area contributed by atoms with E-state index in [1.165, 1.54) is 40.9 Å². The third kappa shape index (κ3) is 3.27. The SMILES string of the molecule is O=C(CNC(=O)c1cc2c(s1)CCCC2)Nc1ncn[nH]1. The number of aryl methyl sites for hydroxylation is 2. The Balaban J connectivity index is 1.54. The zero-order valence-corrected chi connectivity index (χ0v) is 12.1. The van der Waals surface area contributed by atoms with E-state index < -0.39 is 0 Å². The van der Waals surface area contributed by atoms with Gasteiger partial charge in [-0.15, -0.1) is 11.3 Å². The number of carbonyl (C=O) groups is 2. The molecule has 0 bridgehead atoms. The molecule has 8 heteroatoms. The molecule has 3 rings (SSSR count). The Kier molecular flexibility index (Phi) is 3.96. The number of nitrogens with one attached hydrogen (secondary N) is 3. The van der Waals surface area contributed by atoms with Gasteiger partial charge in [-0.25, -0.2) is 5.10 Å². The number of thiophene rings is 1. The lowest BCUT2D eigenvalue weighted by molar-refractivity contribution is -0.115. The molecule has 0 aromatic carbocycles. The molecule has 110 valence electrons. The first kappa shape index (κ1) is 13.7. The predicted octanol–water partition coefficient (Wildman–Crippen LogP) is 1.11. The van der Waals surface area contributed by atoms with E-state index in [4.69, 9.17) is 0 Å². The minimum Gasteiger partial charge on any atom is -0.342 e. The maximum absolute atomic E-state index is 12.1. The molecule has 3 N–H and O–H groups in total. The van der Waals surface area contributed by atoms with E-state index in [1.807, 2.05) is 6.07 Å². The second-order valence-electron chi connectivity index (χ2n) is 4.83. The highest BCUT2D eigenvalue weighted by atomic mass is 32.1. The van der Waals surface area contributed by atoms with Crippen LogP contribution in [0.15, 0.2) is 12.4 Å². The number of aromatic amines is 1. The molecule has 0 radical (unpaired) electrons. The zero-order chi connectivity index (χ0) is 14.7. The summed E-state index contributed by atoms with van der Waals surface area (Å²) < 4.78 is 0. The Morgan fingerprint density at radius 3 is 2.95 bits per heavy atom. The Hall–Kier alpha value is -2.22. The molecule has 1 aliphatic rings. The van der Waals surface area contributed by atoms with Crippen LogP contribution >= 0.6 is 11.3 Å². The van der Waals surface area contributed by atoms with Crippen LogP contribution in [0.4, 0.5) is 5.95 Å². The maximum atomic E-state index is 12.1. The molecular formula is C13H15N5O2S. The van der Waals surface area contributed by atoms with Crippen molar-refractivity contribution in [2.75, 3.05) is 11.9 Å². The van der Waals surface area contributed by atoms with Crippen LogP contribution in [0.3, 0.4) is 0 Å². The summed E-state index contributed by atoms with van der Waals surface area (Å²) in [5.41, 5.74) is 1.28. The lowest BCUT2D eigenvalue weighted by Crippen LogP contribution is -2.32. The average molecular weight is 305 g/mol. The summed E-state index contributed by atoms with van der Waals surface area (Å²) in [5, 5.41) is 11.3. The van der Waals surface area contributed by atoms with Gasteiger partial charge in [0.1, 0.15) is 6.33 Å². The molecule has 7 nitrogen and oxygen atoms in total. The van der Waals surface area contributed by atoms with Crippen LogP contribution in [0.2, 0.25) is 0 Å². The minimum absolute atomic E-state index is 0.0951. The highest BCUT2D eigenvalue weighted by molar-refractivity contribution is 7.14. The first-order valence-electron chi connectivity index (χ1n) is 6.77. The number of fused-ring (bicyclic) bond motifs is 1. The van der Waals surface area contributed by atoms with E-state index in [9.17, 15) is 9.59 Å². The van der Waals surface area contributed by atoms with Crippen molar-refractivity contribution < 1.29 is 9.59 Å². The third-order valence-corrected chi connectivity index (χ3v) is 4.54. The number of hydrogen-bond donors (Lipinski definition) is 3. The van der Waals surface area contributed by atoms with Gasteiger partial charge in [-0.05, 0) is 37.3 Å². The Morgan fingerprint density at radius 1 is 1.33 bits per heavy atom. The lowest BCUT2D eigenvalue weighted by Gasteiger charge is -2.08. The van der Waals surface area contributed by atoms with Crippen molar-refractivity contribution in [2.45, 2.75) is 25.7 Å². The molecule has 1 aliphatic carbocycles. The number of H-pyrrole nitrogens is 1. The van der Waals surface area contributed by atoms with Crippen LogP contribution in [0.25, 0.3) is 0 Å². The summed E-state index contributed by atoms with van der Waals surface area (Å²) in [6, 6.07) is 1.95. The minimum atomic E-state index is -0.346. The van der Waals surface area contributed by atoms with Crippen molar-refractivity contribution in [2.24, 2.45) is 0 Å². The molecule has 0 fully saturated rings. The number of carbonyl (C=O) groups excluding carboxylic acids is 2. The molecule has 2 aromatic heterocycles. The normalized spacial score (nSPS) is 13.5. The highest BCUT2D eigenvalue weighted by Crippen LogP contribution is 2.29. The van der Waals surface area contributed by atoms with Crippen molar-refractivity contribution in [1.82, 2.24) is 20.5 Å². The van der Waals surface area contributed by atoms with Crippen LogP contribution in [0, 0.1) is 0 Å². The van der Waals surface area contributed by atoms with Crippen LogP contribution in [-0.2, 0) is 17.6 Å². The molecule has 0 unspecified atom stereocenters. The lowest BCUT2D eigenvalue weighted by atomic mass is 9.99. The molecule has 2 amide bonds. The second-order valence-corrected chi connectivity index (χ2v) is 5.97. The number of amides is 2. The van der Waals surface area contributed by atoms with E-state index in [1.54, 1.807) is 0 Å². The van der Waals surface area contributed by atoms with Crippen molar-refractivity contribution in [3.05, 3.63) is 27.7 Å². The molecule has 2 aromatic rings. The van der Waals surface area contributed by atoms with Gasteiger partial charge in [0.15, 0.2) is 0 Å². The van der Waals surface area contributed by atoms with Gasteiger partial charge in [0.05, 0.1) is 11.4 Å². The Morgan fingerprint density at radius 2 is 2.19 bits per heavy atom. The van der Waals surface area contributed by atoms with Gasteiger partial charge in [-0.3, -0.25) is 14.9 Å². The van der Waals surface area contributed by atoms with Gasteiger partial charge in [-0.1, -0.05) is 0 Å². The van der Waals surface area contributed by atoms with Crippen molar-refractivity contribution >= 4 is 29.1 Å². The van der Waals surface area contributed by atoms with Gasteiger partial charge in [-0.2, -0.15) is 10.1 Å². The second kappa shape index (κ2) is 6.04. The zero-order valence-electron chi connectivity index (χ0n) is 11.3. The van der Waals surface area contributed by atoms with Crippen LogP contribution < -0.4 is 10.6 Å². The fourth-order valence-corrected chi connectivity index (χ4v) is 3.46. The first-order valence-corrected chi connectivity index (χ1v) is 7.59. The quantitative estimate of drug-likeness (QED) is 0.788. The maximum Gasteiger partial charge on any atom is 0.261 e. The van der Waals surface area contributed by atoms with Crippen molar-refractivity contribution in [3.8, 4) is 0 Å². The van der Waals surface area contributed by atoms with Crippen molar-refractivity contribution in [1.29, 1.82) is 0 Å². The standard InChI is InChI=1S/C13H15N5O2S/c19-11(17-13-15-7-16-18-13)6-14-12(20)10-5-8-3-1-2-4-9(8)21-10/h5,7H,1-4,6H2,(H,14,20)(H2,15,16,17,18,19). The van der Waals surface area contributed by atoms with E-state index in [2.05, 4.69) is 25.8 Å². The summed E-state index contributed by atoms with van der Waals surface area (Å²) in [4.78, 5) is 29.4. The van der Waals surface area contributed by atoms with Crippen LogP contribution in [0.5, 0.6) is 0 Å². The molecule has 0 atom stereocenters. The monoisotopic (exact) mass is 305 g/mol. The number of rotatable bonds is 4. The first-order chi connectivity index (χ1) is 10.2. The number of hydrogen-bond acceptors (Lipinski definition) is 5. The smallest absolute Gasteiger partial charge is 0.261 e. The summed E-state index contributed by atoms with van der Waals surface area (Å²) >= 11 is 1.53. The summed E-state index contributed by atoms with van der Waals surface area (Å²) in [6.45, 7) is -0.0951. The molecule has 2 heterocycles. The largest absolute Gasteiger partial charge is 0.342 e. The van der Waals surface area contributed by atoms with Gasteiger partial charge in [0, 0.05) is 4.88 Å². The van der Waals surface area contributed by atoms with Crippen LogP contribution in [0.1, 0.15) is 33.0 Å². The topological polar surface area (TPSA) is 99.8 Å². The predicted molar refractivity (Wildman–Crippen MR) is 78.3 cm³/mol. The fraction of sp³-hybridized carbons (Fsp3) is 0.385. The van der Waals surface area contributed by atoms with Crippen LogP contribution in [-0.4, -0.2) is 33.5 Å². The molecule has 0 saturated heterocycles. The van der Waals surface area contributed by atoms with E-state index in [0.29, 0.717) is 4.88 Å². The number of nitrogens with zero attached hydrogens (tertiary/aromatic N) is 2. The van der Waals surface area contributed by atoms with Gasteiger partial charge >= 0.3 is 0 Å². The van der Waals surface area contributed by atoms with E-state index in [-0.39, 0.29) is 24.3 Å². The van der Waals surface area contributed by atoms with E-state index in [0.717, 1.165) is 12.8 Å². The molecule has 0 saturated carbocycles. The van der Waals surface area contributed by atoms with Gasteiger partial charge < -0.3 is 5.32 Å². The summed E-state index contributed by atoms with van der Waals surface area (Å²) in [6.07, 6.45) is 5.77.